The summed E-state index contributed by atoms with van der Waals surface area (Å²) in [6.07, 6.45) is 1.54. The summed E-state index contributed by atoms with van der Waals surface area (Å²) in [5.74, 6) is -1.04. The van der Waals surface area contributed by atoms with E-state index in [0.717, 1.165) is 23.3 Å². The number of rotatable bonds is 10. The van der Waals surface area contributed by atoms with Gasteiger partial charge in [-0.05, 0) is 73.0 Å². The molecule has 0 atom stereocenters. The van der Waals surface area contributed by atoms with Gasteiger partial charge in [0.15, 0.2) is 21.4 Å². The van der Waals surface area contributed by atoms with Crippen LogP contribution in [0.5, 0.6) is 17.2 Å². The highest BCUT2D eigenvalue weighted by Gasteiger charge is 2.22. The molecule has 230 valence electrons. The molecular weight excluding hydrogens is 592 g/mol. The normalized spacial score (nSPS) is 11.7. The van der Waals surface area contributed by atoms with E-state index in [9.17, 15) is 22.0 Å². The first-order chi connectivity index (χ1) is 20.9. The topological polar surface area (TPSA) is 108 Å². The molecule has 0 bridgehead atoms. The number of benzene rings is 3. The lowest BCUT2D eigenvalue weighted by Gasteiger charge is -2.15. The molecule has 0 aliphatic carbocycles. The Morgan fingerprint density at radius 2 is 1.66 bits per heavy atom. The van der Waals surface area contributed by atoms with Gasteiger partial charge in [-0.15, -0.1) is 0 Å². The Balaban J connectivity index is 1.71. The molecule has 5 aromatic rings. The lowest BCUT2D eigenvalue weighted by atomic mass is 10.0. The second-order valence-electron chi connectivity index (χ2n) is 10.5. The monoisotopic (exact) mass is 623 g/mol. The summed E-state index contributed by atoms with van der Waals surface area (Å²) in [6.45, 7) is 5.31. The van der Waals surface area contributed by atoms with Gasteiger partial charge in [0, 0.05) is 41.8 Å². The molecule has 0 aliphatic rings. The van der Waals surface area contributed by atoms with Crippen LogP contribution in [0.25, 0.3) is 33.4 Å². The van der Waals surface area contributed by atoms with E-state index in [1.54, 1.807) is 38.4 Å². The van der Waals surface area contributed by atoms with Crippen molar-refractivity contribution in [2.45, 2.75) is 26.5 Å². The number of furan rings is 1. The van der Waals surface area contributed by atoms with E-state index in [4.69, 9.17) is 19.0 Å². The van der Waals surface area contributed by atoms with Gasteiger partial charge in [-0.2, -0.15) is 0 Å². The predicted octanol–water partition coefficient (Wildman–Crippen LogP) is 6.46. The maximum absolute atomic E-state index is 14.6. The summed E-state index contributed by atoms with van der Waals surface area (Å²) < 4.78 is 72.4. The third kappa shape index (κ3) is 6.24. The SMILES string of the molecule is CCS(=O)(=O)Cc1ccc(Oc2ccc(F)cc2F)c(-c2cn(C)c(=O)c3cc(-c4cc(C)c(OCCO)c(C)c4)oc23)c1. The highest BCUT2D eigenvalue weighted by molar-refractivity contribution is 7.90. The molecule has 0 aliphatic heterocycles. The molecule has 2 aromatic heterocycles. The number of halogens is 2. The van der Waals surface area contributed by atoms with E-state index in [-0.39, 0.29) is 52.7 Å². The van der Waals surface area contributed by atoms with Crippen molar-refractivity contribution in [3.63, 3.8) is 0 Å². The largest absolute Gasteiger partial charge is 0.491 e. The van der Waals surface area contributed by atoms with Crippen molar-refractivity contribution in [2.75, 3.05) is 19.0 Å². The fraction of sp³-hybridized carbons (Fsp3) is 0.242. The fourth-order valence-corrected chi connectivity index (χ4v) is 5.94. The number of sulfone groups is 1. The van der Waals surface area contributed by atoms with Crippen LogP contribution in [0.15, 0.2) is 70.0 Å². The van der Waals surface area contributed by atoms with Crippen LogP contribution in [0.4, 0.5) is 8.78 Å². The molecule has 5 rings (SSSR count). The van der Waals surface area contributed by atoms with Crippen LogP contribution in [0, 0.1) is 25.5 Å². The van der Waals surface area contributed by atoms with Crippen molar-refractivity contribution in [3.8, 4) is 39.7 Å². The van der Waals surface area contributed by atoms with E-state index in [0.29, 0.717) is 39.8 Å². The minimum atomic E-state index is -3.41. The molecular formula is C33H31F2NO7S. The average molecular weight is 624 g/mol. The predicted molar refractivity (Wildman–Crippen MR) is 164 cm³/mol. The van der Waals surface area contributed by atoms with E-state index in [1.807, 2.05) is 26.0 Å². The lowest BCUT2D eigenvalue weighted by Crippen LogP contribution is -2.15. The first-order valence-corrected chi connectivity index (χ1v) is 15.7. The number of ether oxygens (including phenoxy) is 2. The minimum Gasteiger partial charge on any atom is -0.491 e. The van der Waals surface area contributed by atoms with Gasteiger partial charge in [0.2, 0.25) is 0 Å². The lowest BCUT2D eigenvalue weighted by molar-refractivity contribution is 0.200. The highest BCUT2D eigenvalue weighted by atomic mass is 32.2. The third-order valence-corrected chi connectivity index (χ3v) is 8.86. The number of pyridine rings is 1. The minimum absolute atomic E-state index is 0.0599. The van der Waals surface area contributed by atoms with Gasteiger partial charge in [0.05, 0.1) is 17.7 Å². The Morgan fingerprint density at radius 1 is 0.955 bits per heavy atom. The van der Waals surface area contributed by atoms with Gasteiger partial charge in [0.1, 0.15) is 35.3 Å². The molecule has 0 amide bonds. The van der Waals surface area contributed by atoms with Crippen molar-refractivity contribution >= 4 is 20.8 Å². The first-order valence-electron chi connectivity index (χ1n) is 13.9. The van der Waals surface area contributed by atoms with Gasteiger partial charge in [-0.1, -0.05) is 13.0 Å². The van der Waals surface area contributed by atoms with Crippen LogP contribution in [-0.2, 0) is 22.6 Å². The van der Waals surface area contributed by atoms with Crippen molar-refractivity contribution in [2.24, 2.45) is 7.05 Å². The second-order valence-corrected chi connectivity index (χ2v) is 12.9. The molecule has 0 spiro atoms. The Labute approximate surface area is 253 Å². The Hall–Kier alpha value is -4.48. The number of aliphatic hydroxyl groups excluding tert-OH is 1. The molecule has 0 fully saturated rings. The Morgan fingerprint density at radius 3 is 2.32 bits per heavy atom. The number of aryl methyl sites for hydroxylation is 3. The summed E-state index contributed by atoms with van der Waals surface area (Å²) >= 11 is 0. The fourth-order valence-electron chi connectivity index (χ4n) is 5.05. The second kappa shape index (κ2) is 12.3. The van der Waals surface area contributed by atoms with Gasteiger partial charge in [-0.3, -0.25) is 4.79 Å². The maximum atomic E-state index is 14.6. The molecule has 44 heavy (non-hydrogen) atoms. The van der Waals surface area contributed by atoms with E-state index in [2.05, 4.69) is 0 Å². The van der Waals surface area contributed by atoms with Crippen LogP contribution >= 0.6 is 0 Å². The van der Waals surface area contributed by atoms with Crippen LogP contribution in [-0.4, -0.2) is 37.1 Å². The van der Waals surface area contributed by atoms with Crippen LogP contribution in [0.3, 0.4) is 0 Å². The summed E-state index contributed by atoms with van der Waals surface area (Å²) in [7, 11) is -1.83. The standard InChI is InChI=1S/C33H31F2NO7S/c1-5-44(39,40)18-21-6-8-28(42-29-9-7-23(34)15-27(29)35)24(14-21)26-17-36(4)33(38)25-16-30(43-32(25)26)22-12-19(2)31(20(3)13-22)41-11-10-37/h6-9,12-17,37H,5,10-11,18H2,1-4H3. The van der Waals surface area contributed by atoms with E-state index < -0.39 is 21.5 Å². The number of fused-ring (bicyclic) bond motifs is 1. The first kappa shape index (κ1) is 31.0. The zero-order valence-electron chi connectivity index (χ0n) is 24.6. The summed E-state index contributed by atoms with van der Waals surface area (Å²) in [5.41, 5.74) is 3.40. The summed E-state index contributed by atoms with van der Waals surface area (Å²) in [5, 5.41) is 9.42. The quantitative estimate of drug-likeness (QED) is 0.190. The van der Waals surface area contributed by atoms with Gasteiger partial charge in [-0.25, -0.2) is 17.2 Å². The highest BCUT2D eigenvalue weighted by Crippen LogP contribution is 2.41. The van der Waals surface area contributed by atoms with Crippen molar-refractivity contribution in [3.05, 3.63) is 99.5 Å². The number of hydrogen-bond acceptors (Lipinski definition) is 7. The van der Waals surface area contributed by atoms with Crippen molar-refractivity contribution < 1.29 is 36.2 Å². The number of aliphatic hydroxyl groups is 1. The molecule has 3 aromatic carbocycles. The number of hydrogen-bond donors (Lipinski definition) is 1. The molecule has 1 N–H and O–H groups in total. The maximum Gasteiger partial charge on any atom is 0.261 e. The van der Waals surface area contributed by atoms with Crippen molar-refractivity contribution in [1.82, 2.24) is 4.57 Å². The Bertz CT molecular complexity index is 2020. The van der Waals surface area contributed by atoms with Crippen LogP contribution in [0.2, 0.25) is 0 Å². The third-order valence-electron chi connectivity index (χ3n) is 7.21. The number of aromatic nitrogens is 1. The van der Waals surface area contributed by atoms with E-state index >= 15 is 0 Å². The number of nitrogens with zero attached hydrogens (tertiary/aromatic N) is 1. The zero-order chi connectivity index (χ0) is 31.8. The van der Waals surface area contributed by atoms with Gasteiger partial charge in [0.25, 0.3) is 5.56 Å². The molecule has 2 heterocycles. The molecule has 0 radical (unpaired) electrons. The average Bonchev–Trinajstić information content (AvgIpc) is 3.42. The van der Waals surface area contributed by atoms with E-state index in [1.165, 1.54) is 10.6 Å². The summed E-state index contributed by atoms with van der Waals surface area (Å²) in [6, 6.07) is 12.9. The van der Waals surface area contributed by atoms with Crippen LogP contribution < -0.4 is 15.0 Å². The molecule has 0 saturated heterocycles. The van der Waals surface area contributed by atoms with Gasteiger partial charge >= 0.3 is 0 Å². The molecule has 11 heteroatoms. The van der Waals surface area contributed by atoms with Crippen molar-refractivity contribution in [1.29, 1.82) is 0 Å². The smallest absolute Gasteiger partial charge is 0.261 e. The van der Waals surface area contributed by atoms with Gasteiger partial charge < -0.3 is 23.6 Å². The van der Waals surface area contributed by atoms with Crippen LogP contribution in [0.1, 0.15) is 23.6 Å². The summed E-state index contributed by atoms with van der Waals surface area (Å²) in [4.78, 5) is 13.3. The molecule has 0 unspecified atom stereocenters. The zero-order valence-corrected chi connectivity index (χ0v) is 25.4. The molecule has 8 nitrogen and oxygen atoms in total. The Kier molecular flexibility index (Phi) is 8.62. The molecule has 0 saturated carbocycles.